The minimum absolute atomic E-state index is 0.285. The van der Waals surface area contributed by atoms with Crippen LogP contribution in [-0.4, -0.2) is 38.8 Å². The molecule has 0 bridgehead atoms. The molecule has 2 aliphatic rings. The molecule has 1 aliphatic heterocycles. The molecule has 4 heteroatoms. The molecule has 0 radical (unpaired) electrons. The third kappa shape index (κ3) is 3.45. The van der Waals surface area contributed by atoms with E-state index in [0.717, 1.165) is 52.1 Å². The molecule has 1 heterocycles. The Bertz CT molecular complexity index is 275. The number of rotatable bonds is 7. The van der Waals surface area contributed by atoms with E-state index in [1.807, 2.05) is 6.92 Å². The van der Waals surface area contributed by atoms with Gasteiger partial charge in [-0.2, -0.15) is 0 Å². The average molecular weight is 254 g/mol. The first kappa shape index (κ1) is 13.8. The van der Waals surface area contributed by atoms with Gasteiger partial charge in [0.05, 0.1) is 0 Å². The van der Waals surface area contributed by atoms with Crippen LogP contribution in [0, 0.1) is 11.3 Å². The Hall–Kier alpha value is -0.610. The van der Waals surface area contributed by atoms with Crippen LogP contribution in [0.1, 0.15) is 39.0 Å². The molecular formula is C14H26N2O2. The molecule has 1 amide bonds. The molecular weight excluding hydrogens is 228 g/mol. The maximum absolute atomic E-state index is 12.0. The van der Waals surface area contributed by atoms with Crippen LogP contribution in [0.2, 0.25) is 0 Å². The van der Waals surface area contributed by atoms with Crippen molar-refractivity contribution in [3.05, 3.63) is 0 Å². The molecule has 104 valence electrons. The fourth-order valence-electron chi connectivity index (χ4n) is 3.00. The standard InChI is InChI=1S/C14H26N2O2/c1-2-18-10-4-3-7-16-13(17)12-11-14(12)5-8-15-9-6-14/h12,15H,2-11H2,1H3,(H,16,17). The predicted molar refractivity (Wildman–Crippen MR) is 71.4 cm³/mol. The van der Waals surface area contributed by atoms with Crippen LogP contribution in [0.3, 0.4) is 0 Å². The summed E-state index contributed by atoms with van der Waals surface area (Å²) < 4.78 is 5.27. The summed E-state index contributed by atoms with van der Waals surface area (Å²) in [7, 11) is 0. The minimum Gasteiger partial charge on any atom is -0.382 e. The van der Waals surface area contributed by atoms with Gasteiger partial charge in [-0.1, -0.05) is 0 Å². The van der Waals surface area contributed by atoms with E-state index in [-0.39, 0.29) is 5.91 Å². The van der Waals surface area contributed by atoms with Gasteiger partial charge in [0.25, 0.3) is 0 Å². The van der Waals surface area contributed by atoms with Gasteiger partial charge in [-0.05, 0) is 57.5 Å². The molecule has 1 saturated heterocycles. The number of hydrogen-bond donors (Lipinski definition) is 2. The summed E-state index contributed by atoms with van der Waals surface area (Å²) in [4.78, 5) is 12.0. The lowest BCUT2D eigenvalue weighted by atomic mass is 9.92. The highest BCUT2D eigenvalue weighted by Gasteiger charge is 2.57. The molecule has 4 nitrogen and oxygen atoms in total. The second kappa shape index (κ2) is 6.53. The van der Waals surface area contributed by atoms with E-state index in [4.69, 9.17) is 4.74 Å². The molecule has 0 aromatic carbocycles. The van der Waals surface area contributed by atoms with E-state index in [1.165, 1.54) is 12.8 Å². The van der Waals surface area contributed by atoms with Crippen LogP contribution >= 0.6 is 0 Å². The number of carbonyl (C=O) groups excluding carboxylic acids is 1. The third-order valence-electron chi connectivity index (χ3n) is 4.32. The molecule has 1 aliphatic carbocycles. The van der Waals surface area contributed by atoms with Crippen LogP contribution in [0.5, 0.6) is 0 Å². The summed E-state index contributed by atoms with van der Waals surface area (Å²) in [6.45, 7) is 6.57. The van der Waals surface area contributed by atoms with E-state index in [1.54, 1.807) is 0 Å². The van der Waals surface area contributed by atoms with Gasteiger partial charge < -0.3 is 15.4 Å². The average Bonchev–Trinajstić information content (AvgIpc) is 3.08. The van der Waals surface area contributed by atoms with Crippen molar-refractivity contribution in [2.45, 2.75) is 39.0 Å². The van der Waals surface area contributed by atoms with Gasteiger partial charge in [0.1, 0.15) is 0 Å². The van der Waals surface area contributed by atoms with Crippen molar-refractivity contribution in [2.24, 2.45) is 11.3 Å². The molecule has 1 atom stereocenters. The van der Waals surface area contributed by atoms with Gasteiger partial charge >= 0.3 is 0 Å². The largest absolute Gasteiger partial charge is 0.382 e. The van der Waals surface area contributed by atoms with Gasteiger partial charge in [-0.15, -0.1) is 0 Å². The molecule has 1 spiro atoms. The number of carbonyl (C=O) groups is 1. The second-order valence-electron chi connectivity index (χ2n) is 5.56. The Kier molecular flexibility index (Phi) is 5.01. The third-order valence-corrected chi connectivity index (χ3v) is 4.32. The van der Waals surface area contributed by atoms with Crippen molar-refractivity contribution in [1.29, 1.82) is 0 Å². The molecule has 2 N–H and O–H groups in total. The minimum atomic E-state index is 0.285. The Morgan fingerprint density at radius 3 is 2.89 bits per heavy atom. The van der Waals surface area contributed by atoms with E-state index in [2.05, 4.69) is 10.6 Å². The van der Waals surface area contributed by atoms with Crippen molar-refractivity contribution < 1.29 is 9.53 Å². The summed E-state index contributed by atoms with van der Waals surface area (Å²) in [6.07, 6.45) is 5.52. The first-order chi connectivity index (χ1) is 8.78. The second-order valence-corrected chi connectivity index (χ2v) is 5.56. The SMILES string of the molecule is CCOCCCCNC(=O)C1CC12CCNCC2. The van der Waals surface area contributed by atoms with E-state index in [0.29, 0.717) is 11.3 Å². The number of ether oxygens (including phenoxy) is 1. The zero-order valence-corrected chi connectivity index (χ0v) is 11.5. The first-order valence-corrected chi connectivity index (χ1v) is 7.35. The lowest BCUT2D eigenvalue weighted by Crippen LogP contribution is -2.34. The monoisotopic (exact) mass is 254 g/mol. The number of unbranched alkanes of at least 4 members (excludes halogenated alkanes) is 1. The molecule has 0 aromatic heterocycles. The van der Waals surface area contributed by atoms with Gasteiger partial charge in [-0.3, -0.25) is 4.79 Å². The number of nitrogens with one attached hydrogen (secondary N) is 2. The lowest BCUT2D eigenvalue weighted by molar-refractivity contribution is -0.123. The van der Waals surface area contributed by atoms with E-state index in [9.17, 15) is 4.79 Å². The van der Waals surface area contributed by atoms with Crippen molar-refractivity contribution >= 4 is 5.91 Å². The highest BCUT2D eigenvalue weighted by Crippen LogP contribution is 2.58. The Labute approximate surface area is 110 Å². The molecule has 18 heavy (non-hydrogen) atoms. The van der Waals surface area contributed by atoms with Gasteiger partial charge in [-0.25, -0.2) is 0 Å². The summed E-state index contributed by atoms with van der Waals surface area (Å²) in [5, 5.41) is 6.44. The van der Waals surface area contributed by atoms with Crippen LogP contribution in [0.4, 0.5) is 0 Å². The number of piperidine rings is 1. The quantitative estimate of drug-likeness (QED) is 0.674. The van der Waals surface area contributed by atoms with Crippen molar-refractivity contribution in [3.63, 3.8) is 0 Å². The van der Waals surface area contributed by atoms with Crippen molar-refractivity contribution in [3.8, 4) is 0 Å². The Balaban J connectivity index is 1.56. The summed E-state index contributed by atoms with van der Waals surface area (Å²) in [6, 6.07) is 0. The Morgan fingerprint density at radius 1 is 1.39 bits per heavy atom. The maximum Gasteiger partial charge on any atom is 0.223 e. The maximum atomic E-state index is 12.0. The first-order valence-electron chi connectivity index (χ1n) is 7.35. The normalized spacial score (nSPS) is 25.1. The van der Waals surface area contributed by atoms with Crippen molar-refractivity contribution in [2.75, 3.05) is 32.8 Å². The van der Waals surface area contributed by atoms with Crippen LogP contribution in [0.25, 0.3) is 0 Å². The number of hydrogen-bond acceptors (Lipinski definition) is 3. The smallest absolute Gasteiger partial charge is 0.223 e. The van der Waals surface area contributed by atoms with E-state index < -0.39 is 0 Å². The molecule has 0 aromatic rings. The van der Waals surface area contributed by atoms with Gasteiger partial charge in [0.15, 0.2) is 0 Å². The fourth-order valence-corrected chi connectivity index (χ4v) is 3.00. The van der Waals surface area contributed by atoms with Gasteiger partial charge in [0.2, 0.25) is 5.91 Å². The number of amides is 1. The Morgan fingerprint density at radius 2 is 2.17 bits per heavy atom. The van der Waals surface area contributed by atoms with Crippen LogP contribution in [0.15, 0.2) is 0 Å². The highest BCUT2D eigenvalue weighted by molar-refractivity contribution is 5.82. The molecule has 1 unspecified atom stereocenters. The van der Waals surface area contributed by atoms with Crippen molar-refractivity contribution in [1.82, 2.24) is 10.6 Å². The van der Waals surface area contributed by atoms with Crippen LogP contribution < -0.4 is 10.6 Å². The van der Waals surface area contributed by atoms with E-state index >= 15 is 0 Å². The summed E-state index contributed by atoms with van der Waals surface area (Å²) in [5.41, 5.74) is 0.362. The zero-order chi connectivity index (χ0) is 12.8. The lowest BCUT2D eigenvalue weighted by Gasteiger charge is -2.23. The zero-order valence-electron chi connectivity index (χ0n) is 11.5. The summed E-state index contributed by atoms with van der Waals surface area (Å²) >= 11 is 0. The summed E-state index contributed by atoms with van der Waals surface area (Å²) in [5.74, 6) is 0.583. The highest BCUT2D eigenvalue weighted by atomic mass is 16.5. The molecule has 2 rings (SSSR count). The predicted octanol–water partition coefficient (Wildman–Crippen LogP) is 1.31. The fraction of sp³-hybridized carbons (Fsp3) is 0.929. The molecule has 1 saturated carbocycles. The topological polar surface area (TPSA) is 50.4 Å². The van der Waals surface area contributed by atoms with Gasteiger partial charge in [0, 0.05) is 25.7 Å². The van der Waals surface area contributed by atoms with Crippen LogP contribution in [-0.2, 0) is 9.53 Å². The molecule has 2 fully saturated rings.